The topological polar surface area (TPSA) is 15.3 Å². The fraction of sp³-hybridized carbons (Fsp3) is 0.600. The van der Waals surface area contributed by atoms with E-state index in [9.17, 15) is 4.39 Å². The Hall–Kier alpha value is -1.09. The molecule has 0 atom stereocenters. The van der Waals surface area contributed by atoms with Crippen molar-refractivity contribution in [2.24, 2.45) is 0 Å². The highest BCUT2D eigenvalue weighted by Crippen LogP contribution is 2.19. The van der Waals surface area contributed by atoms with Crippen LogP contribution in [0.5, 0.6) is 0 Å². The number of hydrogen-bond acceptors (Lipinski definition) is 2. The largest absolute Gasteiger partial charge is 0.372 e. The molecular weight excluding hydrogens is 227 g/mol. The predicted octanol–water partition coefficient (Wildman–Crippen LogP) is 3.56. The van der Waals surface area contributed by atoms with Crippen molar-refractivity contribution in [1.82, 2.24) is 5.32 Å². The van der Waals surface area contributed by atoms with Crippen LogP contribution in [0.15, 0.2) is 18.2 Å². The molecule has 0 bridgehead atoms. The fourth-order valence-electron chi connectivity index (χ4n) is 1.81. The van der Waals surface area contributed by atoms with Crippen LogP contribution >= 0.6 is 0 Å². The summed E-state index contributed by atoms with van der Waals surface area (Å²) in [5, 5.41) is 3.29. The molecule has 0 radical (unpaired) electrons. The second-order valence-corrected chi connectivity index (χ2v) is 5.10. The van der Waals surface area contributed by atoms with E-state index in [1.807, 2.05) is 24.1 Å². The molecule has 0 saturated heterocycles. The number of benzene rings is 1. The number of unbranched alkanes of at least 4 members (excludes halogenated alkanes) is 1. The van der Waals surface area contributed by atoms with Crippen molar-refractivity contribution in [3.8, 4) is 0 Å². The minimum absolute atomic E-state index is 0.128. The lowest BCUT2D eigenvalue weighted by Crippen LogP contribution is -2.22. The van der Waals surface area contributed by atoms with Crippen LogP contribution in [0.25, 0.3) is 0 Å². The average molecular weight is 252 g/mol. The Labute approximate surface area is 110 Å². The zero-order valence-electron chi connectivity index (χ0n) is 12.0. The number of nitrogens with zero attached hydrogens (tertiary/aromatic N) is 1. The zero-order chi connectivity index (χ0) is 13.5. The summed E-state index contributed by atoms with van der Waals surface area (Å²) in [6.45, 7) is 7.93. The van der Waals surface area contributed by atoms with Gasteiger partial charge in [-0.1, -0.05) is 33.3 Å². The first-order valence-corrected chi connectivity index (χ1v) is 6.77. The van der Waals surface area contributed by atoms with Gasteiger partial charge in [-0.25, -0.2) is 4.39 Å². The molecule has 0 aliphatic carbocycles. The summed E-state index contributed by atoms with van der Waals surface area (Å²) in [7, 11) is 1.94. The van der Waals surface area contributed by atoms with Gasteiger partial charge in [-0.2, -0.15) is 0 Å². The summed E-state index contributed by atoms with van der Waals surface area (Å²) in [5.74, 6) is -0.128. The molecule has 2 nitrogen and oxygen atoms in total. The van der Waals surface area contributed by atoms with Gasteiger partial charge < -0.3 is 10.2 Å². The third kappa shape index (κ3) is 4.65. The molecule has 0 aliphatic rings. The van der Waals surface area contributed by atoms with Crippen LogP contribution in [-0.4, -0.2) is 19.6 Å². The van der Waals surface area contributed by atoms with Crippen LogP contribution in [-0.2, 0) is 6.54 Å². The van der Waals surface area contributed by atoms with Gasteiger partial charge in [0.1, 0.15) is 5.82 Å². The van der Waals surface area contributed by atoms with Crippen molar-refractivity contribution in [2.75, 3.05) is 18.5 Å². The van der Waals surface area contributed by atoms with Crippen LogP contribution in [0.3, 0.4) is 0 Å². The second-order valence-electron chi connectivity index (χ2n) is 5.10. The van der Waals surface area contributed by atoms with Gasteiger partial charge in [-0.15, -0.1) is 0 Å². The molecule has 1 rings (SSSR count). The molecule has 0 amide bonds. The van der Waals surface area contributed by atoms with E-state index in [1.165, 1.54) is 0 Å². The molecule has 0 unspecified atom stereocenters. The van der Waals surface area contributed by atoms with Gasteiger partial charge in [-0.05, 0) is 24.1 Å². The minimum Gasteiger partial charge on any atom is -0.372 e. The number of rotatable bonds is 7. The normalized spacial score (nSPS) is 11.0. The molecule has 1 aromatic rings. The number of hydrogen-bond donors (Lipinski definition) is 1. The monoisotopic (exact) mass is 252 g/mol. The lowest BCUT2D eigenvalue weighted by atomic mass is 10.1. The summed E-state index contributed by atoms with van der Waals surface area (Å²) in [6, 6.07) is 5.92. The van der Waals surface area contributed by atoms with Crippen LogP contribution in [0.2, 0.25) is 0 Å². The second kappa shape index (κ2) is 7.37. The van der Waals surface area contributed by atoms with Gasteiger partial charge in [-0.3, -0.25) is 0 Å². The molecule has 3 heteroatoms. The Kier molecular flexibility index (Phi) is 6.13. The van der Waals surface area contributed by atoms with Gasteiger partial charge in [0.2, 0.25) is 0 Å². The quantitative estimate of drug-likeness (QED) is 0.798. The van der Waals surface area contributed by atoms with E-state index < -0.39 is 0 Å². The van der Waals surface area contributed by atoms with Crippen LogP contribution in [0.1, 0.15) is 39.2 Å². The Bertz CT molecular complexity index is 364. The lowest BCUT2D eigenvalue weighted by Gasteiger charge is -2.20. The third-order valence-electron chi connectivity index (χ3n) is 2.98. The summed E-state index contributed by atoms with van der Waals surface area (Å²) in [5.41, 5.74) is 1.69. The first-order valence-electron chi connectivity index (χ1n) is 6.77. The molecule has 1 N–H and O–H groups in total. The van der Waals surface area contributed by atoms with Gasteiger partial charge in [0.25, 0.3) is 0 Å². The molecule has 102 valence electrons. The van der Waals surface area contributed by atoms with Crippen molar-refractivity contribution >= 4 is 5.69 Å². The Morgan fingerprint density at radius 3 is 2.61 bits per heavy atom. The molecule has 0 heterocycles. The van der Waals surface area contributed by atoms with E-state index in [2.05, 4.69) is 26.1 Å². The fourth-order valence-corrected chi connectivity index (χ4v) is 1.81. The van der Waals surface area contributed by atoms with E-state index in [4.69, 9.17) is 0 Å². The SMILES string of the molecule is CCCCN(C)c1ccc(CNC(C)C)cc1F. The van der Waals surface area contributed by atoms with Crippen LogP contribution in [0.4, 0.5) is 10.1 Å². The average Bonchev–Trinajstić information content (AvgIpc) is 2.33. The minimum atomic E-state index is -0.128. The first-order chi connectivity index (χ1) is 8.54. The summed E-state index contributed by atoms with van der Waals surface area (Å²) < 4.78 is 14.0. The molecule has 0 spiro atoms. The predicted molar refractivity (Wildman–Crippen MR) is 76.6 cm³/mol. The Morgan fingerprint density at radius 1 is 1.33 bits per heavy atom. The molecule has 0 fully saturated rings. The standard InChI is InChI=1S/C15H25FN2/c1-5-6-9-18(4)15-8-7-13(10-14(15)16)11-17-12(2)3/h7-8,10,12,17H,5-6,9,11H2,1-4H3. The van der Waals surface area contributed by atoms with Gasteiger partial charge in [0.15, 0.2) is 0 Å². The van der Waals surface area contributed by atoms with Crippen molar-refractivity contribution in [2.45, 2.75) is 46.2 Å². The van der Waals surface area contributed by atoms with Gasteiger partial charge >= 0.3 is 0 Å². The van der Waals surface area contributed by atoms with Crippen molar-refractivity contribution in [3.05, 3.63) is 29.6 Å². The summed E-state index contributed by atoms with van der Waals surface area (Å²) in [4.78, 5) is 1.98. The van der Waals surface area contributed by atoms with E-state index in [0.29, 0.717) is 18.3 Å². The number of nitrogens with one attached hydrogen (secondary N) is 1. The third-order valence-corrected chi connectivity index (χ3v) is 2.98. The molecule has 0 saturated carbocycles. The molecule has 0 aliphatic heterocycles. The van der Waals surface area contributed by atoms with Gasteiger partial charge in [0, 0.05) is 26.2 Å². The zero-order valence-corrected chi connectivity index (χ0v) is 12.0. The maximum Gasteiger partial charge on any atom is 0.146 e. The van der Waals surface area contributed by atoms with E-state index in [1.54, 1.807) is 6.07 Å². The summed E-state index contributed by atoms with van der Waals surface area (Å²) in [6.07, 6.45) is 2.22. The highest BCUT2D eigenvalue weighted by molar-refractivity contribution is 5.48. The van der Waals surface area contributed by atoms with Crippen molar-refractivity contribution in [1.29, 1.82) is 0 Å². The van der Waals surface area contributed by atoms with Gasteiger partial charge in [0.05, 0.1) is 5.69 Å². The molecule has 1 aromatic carbocycles. The van der Waals surface area contributed by atoms with Crippen molar-refractivity contribution < 1.29 is 4.39 Å². The highest BCUT2D eigenvalue weighted by atomic mass is 19.1. The molecular formula is C15H25FN2. The maximum atomic E-state index is 14.0. The highest BCUT2D eigenvalue weighted by Gasteiger charge is 2.08. The van der Waals surface area contributed by atoms with E-state index in [-0.39, 0.29) is 5.82 Å². The first kappa shape index (κ1) is 15.0. The Balaban J connectivity index is 2.66. The lowest BCUT2D eigenvalue weighted by molar-refractivity contribution is 0.580. The van der Waals surface area contributed by atoms with Crippen molar-refractivity contribution in [3.63, 3.8) is 0 Å². The Morgan fingerprint density at radius 2 is 2.06 bits per heavy atom. The number of anilines is 1. The van der Waals surface area contributed by atoms with Crippen LogP contribution < -0.4 is 10.2 Å². The van der Waals surface area contributed by atoms with Crippen LogP contribution in [0, 0.1) is 5.82 Å². The summed E-state index contributed by atoms with van der Waals surface area (Å²) >= 11 is 0. The smallest absolute Gasteiger partial charge is 0.146 e. The van der Waals surface area contributed by atoms with E-state index >= 15 is 0 Å². The number of halogens is 1. The molecule has 0 aromatic heterocycles. The van der Waals surface area contributed by atoms with E-state index in [0.717, 1.165) is 24.9 Å². The molecule has 18 heavy (non-hydrogen) atoms. The maximum absolute atomic E-state index is 14.0.